The van der Waals surface area contributed by atoms with Crippen molar-refractivity contribution in [3.05, 3.63) is 34.3 Å². The van der Waals surface area contributed by atoms with E-state index < -0.39 is 5.54 Å². The summed E-state index contributed by atoms with van der Waals surface area (Å²) >= 11 is 3.39. The lowest BCUT2D eigenvalue weighted by atomic mass is 9.91. The average molecular weight is 340 g/mol. The molecule has 1 heterocycles. The zero-order chi connectivity index (χ0) is 14.8. The van der Waals surface area contributed by atoms with Gasteiger partial charge in [0.05, 0.1) is 0 Å². The Kier molecular flexibility index (Phi) is 4.83. The topological polar surface area (TPSA) is 67.2 Å². The van der Waals surface area contributed by atoms with E-state index in [1.54, 1.807) is 6.92 Å². The molecule has 0 aliphatic carbocycles. The molecule has 1 amide bonds. The van der Waals surface area contributed by atoms with Crippen molar-refractivity contribution in [2.24, 2.45) is 5.73 Å². The Morgan fingerprint density at radius 2 is 2.10 bits per heavy atom. The number of rotatable bonds is 3. The Morgan fingerprint density at radius 1 is 1.45 bits per heavy atom. The molecule has 0 spiro atoms. The van der Waals surface area contributed by atoms with E-state index in [2.05, 4.69) is 33.5 Å². The van der Waals surface area contributed by atoms with E-state index >= 15 is 0 Å². The largest absolute Gasteiger partial charge is 0.351 e. The van der Waals surface area contributed by atoms with Gasteiger partial charge in [0.1, 0.15) is 5.54 Å². The Bertz CT molecular complexity index is 473. The normalized spacial score (nSPS) is 25.8. The summed E-state index contributed by atoms with van der Waals surface area (Å²) in [5.74, 6) is -0.112. The molecule has 1 saturated heterocycles. The number of nitrogens with one attached hydrogen (secondary N) is 2. The van der Waals surface area contributed by atoms with E-state index in [0.717, 1.165) is 29.4 Å². The summed E-state index contributed by atoms with van der Waals surface area (Å²) in [7, 11) is 0. The van der Waals surface area contributed by atoms with Crippen LogP contribution in [-0.2, 0) is 10.3 Å². The second kappa shape index (κ2) is 6.24. The van der Waals surface area contributed by atoms with Crippen molar-refractivity contribution in [1.82, 2.24) is 10.6 Å². The molecule has 2 rings (SSSR count). The summed E-state index contributed by atoms with van der Waals surface area (Å²) in [6.07, 6.45) is 1.90. The van der Waals surface area contributed by atoms with Gasteiger partial charge in [0.25, 0.3) is 0 Å². The number of amides is 1. The minimum absolute atomic E-state index is 0.112. The molecule has 3 atom stereocenters. The molecule has 4 nitrogen and oxygen atoms in total. The van der Waals surface area contributed by atoms with Gasteiger partial charge in [-0.1, -0.05) is 28.1 Å². The number of carbonyl (C=O) groups excluding carboxylic acids is 1. The summed E-state index contributed by atoms with van der Waals surface area (Å²) in [5, 5.41) is 6.46. The second-order valence-corrected chi connectivity index (χ2v) is 6.67. The maximum absolute atomic E-state index is 12.5. The Labute approximate surface area is 128 Å². The minimum Gasteiger partial charge on any atom is -0.351 e. The van der Waals surface area contributed by atoms with Crippen LogP contribution in [0, 0.1) is 0 Å². The molecule has 4 N–H and O–H groups in total. The van der Waals surface area contributed by atoms with Crippen LogP contribution in [0.15, 0.2) is 28.7 Å². The average Bonchev–Trinajstić information content (AvgIpc) is 2.39. The van der Waals surface area contributed by atoms with Crippen molar-refractivity contribution in [3.8, 4) is 0 Å². The summed E-state index contributed by atoms with van der Waals surface area (Å²) in [6, 6.07) is 8.22. The maximum atomic E-state index is 12.5. The van der Waals surface area contributed by atoms with Gasteiger partial charge in [-0.25, -0.2) is 0 Å². The highest BCUT2D eigenvalue weighted by molar-refractivity contribution is 9.10. The maximum Gasteiger partial charge on any atom is 0.244 e. The lowest BCUT2D eigenvalue weighted by Gasteiger charge is -2.32. The standard InChI is InChI=1S/C15H22BrN3O/c1-10-9-13(7-8-18-10)19-14(20)15(2,17)11-3-5-12(16)6-4-11/h3-6,10,13,18H,7-9,17H2,1-2H3,(H,19,20). The number of benzene rings is 1. The highest BCUT2D eigenvalue weighted by Crippen LogP contribution is 2.21. The summed E-state index contributed by atoms with van der Waals surface area (Å²) in [5.41, 5.74) is 6.05. The molecule has 20 heavy (non-hydrogen) atoms. The van der Waals surface area contributed by atoms with Gasteiger partial charge in [0.2, 0.25) is 5.91 Å². The molecule has 5 heteroatoms. The number of carbonyl (C=O) groups is 1. The van der Waals surface area contributed by atoms with Crippen molar-refractivity contribution in [2.45, 2.75) is 44.3 Å². The predicted octanol–water partition coefficient (Wildman–Crippen LogP) is 1.88. The molecule has 1 aromatic carbocycles. The van der Waals surface area contributed by atoms with Gasteiger partial charge in [0.15, 0.2) is 0 Å². The quantitative estimate of drug-likeness (QED) is 0.787. The first-order valence-corrected chi connectivity index (χ1v) is 7.78. The monoisotopic (exact) mass is 339 g/mol. The van der Waals surface area contributed by atoms with Crippen molar-refractivity contribution in [3.63, 3.8) is 0 Å². The number of nitrogens with two attached hydrogens (primary N) is 1. The van der Waals surface area contributed by atoms with Crippen LogP contribution in [0.2, 0.25) is 0 Å². The third kappa shape index (κ3) is 3.59. The van der Waals surface area contributed by atoms with Crippen molar-refractivity contribution < 1.29 is 4.79 Å². The SMILES string of the molecule is CC1CC(NC(=O)C(C)(N)c2ccc(Br)cc2)CCN1. The van der Waals surface area contributed by atoms with Gasteiger partial charge in [-0.05, 0) is 50.9 Å². The highest BCUT2D eigenvalue weighted by Gasteiger charge is 2.32. The van der Waals surface area contributed by atoms with Crippen LogP contribution in [0.3, 0.4) is 0 Å². The van der Waals surface area contributed by atoms with Crippen molar-refractivity contribution in [2.75, 3.05) is 6.54 Å². The molecule has 0 bridgehead atoms. The molecule has 1 aromatic rings. The Hall–Kier alpha value is -0.910. The lowest BCUT2D eigenvalue weighted by Crippen LogP contribution is -2.54. The van der Waals surface area contributed by atoms with Crippen molar-refractivity contribution >= 4 is 21.8 Å². The molecule has 0 aromatic heterocycles. The van der Waals surface area contributed by atoms with Gasteiger partial charge in [-0.15, -0.1) is 0 Å². The van der Waals surface area contributed by atoms with Crippen LogP contribution in [-0.4, -0.2) is 24.5 Å². The fourth-order valence-corrected chi connectivity index (χ4v) is 2.79. The zero-order valence-electron chi connectivity index (χ0n) is 11.9. The molecule has 3 unspecified atom stereocenters. The number of hydrogen-bond donors (Lipinski definition) is 3. The first kappa shape index (κ1) is 15.5. The van der Waals surface area contributed by atoms with Gasteiger partial charge in [0, 0.05) is 16.6 Å². The molecule has 0 saturated carbocycles. The van der Waals surface area contributed by atoms with Crippen LogP contribution < -0.4 is 16.4 Å². The smallest absolute Gasteiger partial charge is 0.244 e. The van der Waals surface area contributed by atoms with Gasteiger partial charge in [-0.3, -0.25) is 4.79 Å². The summed E-state index contributed by atoms with van der Waals surface area (Å²) < 4.78 is 0.977. The Morgan fingerprint density at radius 3 is 2.70 bits per heavy atom. The van der Waals surface area contributed by atoms with Gasteiger partial charge < -0.3 is 16.4 Å². The fraction of sp³-hybridized carbons (Fsp3) is 0.533. The van der Waals surface area contributed by atoms with E-state index in [-0.39, 0.29) is 11.9 Å². The zero-order valence-corrected chi connectivity index (χ0v) is 13.5. The fourth-order valence-electron chi connectivity index (χ4n) is 2.53. The first-order chi connectivity index (χ1) is 9.39. The predicted molar refractivity (Wildman–Crippen MR) is 84.3 cm³/mol. The van der Waals surface area contributed by atoms with E-state index in [9.17, 15) is 4.79 Å². The highest BCUT2D eigenvalue weighted by atomic mass is 79.9. The molecular weight excluding hydrogens is 318 g/mol. The summed E-state index contributed by atoms with van der Waals surface area (Å²) in [6.45, 7) is 4.83. The van der Waals surface area contributed by atoms with Crippen LogP contribution in [0.4, 0.5) is 0 Å². The molecular formula is C15H22BrN3O. The Balaban J connectivity index is 2.04. The van der Waals surface area contributed by atoms with E-state index in [4.69, 9.17) is 5.73 Å². The van der Waals surface area contributed by atoms with E-state index in [1.807, 2.05) is 24.3 Å². The van der Waals surface area contributed by atoms with Crippen LogP contribution >= 0.6 is 15.9 Å². The lowest BCUT2D eigenvalue weighted by molar-refractivity contribution is -0.127. The molecule has 110 valence electrons. The molecule has 0 radical (unpaired) electrons. The van der Waals surface area contributed by atoms with Gasteiger partial charge in [-0.2, -0.15) is 0 Å². The van der Waals surface area contributed by atoms with E-state index in [1.165, 1.54) is 0 Å². The first-order valence-electron chi connectivity index (χ1n) is 6.99. The van der Waals surface area contributed by atoms with E-state index in [0.29, 0.717) is 6.04 Å². The summed E-state index contributed by atoms with van der Waals surface area (Å²) in [4.78, 5) is 12.5. The second-order valence-electron chi connectivity index (χ2n) is 5.76. The third-order valence-corrected chi connectivity index (χ3v) is 4.40. The van der Waals surface area contributed by atoms with Crippen LogP contribution in [0.25, 0.3) is 0 Å². The molecule has 1 aliphatic rings. The number of piperidine rings is 1. The third-order valence-electron chi connectivity index (χ3n) is 3.87. The van der Waals surface area contributed by atoms with Crippen LogP contribution in [0.1, 0.15) is 32.3 Å². The minimum atomic E-state index is -1.01. The van der Waals surface area contributed by atoms with Crippen LogP contribution in [0.5, 0.6) is 0 Å². The number of hydrogen-bond acceptors (Lipinski definition) is 3. The molecule has 1 fully saturated rings. The molecule has 1 aliphatic heterocycles. The van der Waals surface area contributed by atoms with Gasteiger partial charge >= 0.3 is 0 Å². The van der Waals surface area contributed by atoms with Crippen molar-refractivity contribution in [1.29, 1.82) is 0 Å². The number of halogens is 1.